The molecule has 0 aliphatic heterocycles. The minimum absolute atomic E-state index is 0.0671. The summed E-state index contributed by atoms with van der Waals surface area (Å²) in [7, 11) is 0. The molecule has 3 heteroatoms. The first-order valence-electron chi connectivity index (χ1n) is 4.84. The summed E-state index contributed by atoms with van der Waals surface area (Å²) >= 11 is 0. The van der Waals surface area contributed by atoms with Crippen molar-refractivity contribution < 1.29 is 14.6 Å². The zero-order valence-electron chi connectivity index (χ0n) is 7.83. The lowest BCUT2D eigenvalue weighted by molar-refractivity contribution is 0.0382. The highest BCUT2D eigenvalue weighted by atomic mass is 19.1. The summed E-state index contributed by atoms with van der Waals surface area (Å²) in [5.41, 5.74) is -1.09. The Bertz CT molecular complexity index is 323. The monoisotopic (exact) mass is 196 g/mol. The van der Waals surface area contributed by atoms with E-state index >= 15 is 0 Å². The summed E-state index contributed by atoms with van der Waals surface area (Å²) in [5, 5.41) is 19.6. The normalized spacial score (nSPS) is 19.9. The molecule has 76 valence electrons. The van der Waals surface area contributed by atoms with Crippen LogP contribution in [0, 0.1) is 5.82 Å². The van der Waals surface area contributed by atoms with Crippen LogP contribution in [0.25, 0.3) is 0 Å². The van der Waals surface area contributed by atoms with Gasteiger partial charge in [0.15, 0.2) is 0 Å². The van der Waals surface area contributed by atoms with E-state index in [0.717, 1.165) is 12.8 Å². The van der Waals surface area contributed by atoms with Gasteiger partial charge in [-0.15, -0.1) is 0 Å². The van der Waals surface area contributed by atoms with Gasteiger partial charge in [-0.3, -0.25) is 0 Å². The summed E-state index contributed by atoms with van der Waals surface area (Å²) < 4.78 is 13.4. The quantitative estimate of drug-likeness (QED) is 0.723. The molecule has 0 radical (unpaired) electrons. The molecule has 1 aliphatic carbocycles. The van der Waals surface area contributed by atoms with Gasteiger partial charge in [-0.25, -0.2) is 4.39 Å². The zero-order chi connectivity index (χ0) is 10.2. The third kappa shape index (κ3) is 1.38. The molecule has 2 N–H and O–H groups in total. The summed E-state index contributed by atoms with van der Waals surface area (Å²) in [6, 6.07) is 4.12. The van der Waals surface area contributed by atoms with Crippen LogP contribution in [0.15, 0.2) is 18.2 Å². The smallest absolute Gasteiger partial charge is 0.133 e. The van der Waals surface area contributed by atoms with Crippen molar-refractivity contribution in [3.05, 3.63) is 29.6 Å². The van der Waals surface area contributed by atoms with Crippen molar-refractivity contribution in [2.24, 2.45) is 0 Å². The van der Waals surface area contributed by atoms with Crippen molar-refractivity contribution in [2.45, 2.75) is 31.3 Å². The number of hydrogen-bond acceptors (Lipinski definition) is 2. The molecule has 1 aromatic rings. The van der Waals surface area contributed by atoms with Gasteiger partial charge in [-0.2, -0.15) is 0 Å². The van der Waals surface area contributed by atoms with Crippen molar-refractivity contribution >= 4 is 0 Å². The van der Waals surface area contributed by atoms with Crippen molar-refractivity contribution in [3.8, 4) is 5.75 Å². The Morgan fingerprint density at radius 2 is 1.86 bits per heavy atom. The van der Waals surface area contributed by atoms with Crippen LogP contribution >= 0.6 is 0 Å². The predicted molar refractivity (Wildman–Crippen MR) is 50.4 cm³/mol. The molecular formula is C11H13FO2. The Balaban J connectivity index is 2.49. The average molecular weight is 196 g/mol. The summed E-state index contributed by atoms with van der Waals surface area (Å²) in [6.07, 6.45) is 2.82. The van der Waals surface area contributed by atoms with E-state index in [4.69, 9.17) is 0 Å². The Morgan fingerprint density at radius 1 is 1.21 bits per heavy atom. The van der Waals surface area contributed by atoms with Crippen LogP contribution in [0.5, 0.6) is 5.75 Å². The van der Waals surface area contributed by atoms with Gasteiger partial charge in [-0.05, 0) is 25.0 Å². The Hall–Kier alpha value is -1.09. The molecule has 1 saturated carbocycles. The Kier molecular flexibility index (Phi) is 2.19. The van der Waals surface area contributed by atoms with Crippen LogP contribution in [-0.2, 0) is 5.60 Å². The fraction of sp³-hybridized carbons (Fsp3) is 0.455. The summed E-state index contributed by atoms with van der Waals surface area (Å²) in [4.78, 5) is 0. The van der Waals surface area contributed by atoms with E-state index in [-0.39, 0.29) is 11.3 Å². The molecule has 0 unspecified atom stereocenters. The second kappa shape index (κ2) is 3.24. The lowest BCUT2D eigenvalue weighted by Crippen LogP contribution is -2.22. The first-order valence-corrected chi connectivity index (χ1v) is 4.84. The highest BCUT2D eigenvalue weighted by molar-refractivity contribution is 5.38. The predicted octanol–water partition coefficient (Wildman–Crippen LogP) is 2.29. The maximum Gasteiger partial charge on any atom is 0.133 e. The molecule has 0 atom stereocenters. The van der Waals surface area contributed by atoms with E-state index in [2.05, 4.69) is 0 Å². The lowest BCUT2D eigenvalue weighted by Gasteiger charge is -2.23. The Morgan fingerprint density at radius 3 is 2.43 bits per heavy atom. The first kappa shape index (κ1) is 9.46. The molecule has 1 aromatic carbocycles. The third-order valence-electron chi connectivity index (χ3n) is 2.89. The lowest BCUT2D eigenvalue weighted by atomic mass is 9.91. The van der Waals surface area contributed by atoms with Gasteiger partial charge < -0.3 is 10.2 Å². The van der Waals surface area contributed by atoms with Gasteiger partial charge in [0.1, 0.15) is 11.6 Å². The average Bonchev–Trinajstić information content (AvgIpc) is 2.52. The number of phenolic OH excluding ortho intramolecular Hbond substituents is 1. The standard InChI is InChI=1S/C11H13FO2/c12-8-4-3-5-9(13)10(8)11(14)6-1-2-7-11/h3-5,13-14H,1-2,6-7H2. The van der Waals surface area contributed by atoms with Gasteiger partial charge in [-0.1, -0.05) is 18.9 Å². The molecule has 1 fully saturated rings. The number of aromatic hydroxyl groups is 1. The topological polar surface area (TPSA) is 40.5 Å². The van der Waals surface area contributed by atoms with Crippen molar-refractivity contribution in [1.29, 1.82) is 0 Å². The molecule has 0 aromatic heterocycles. The largest absolute Gasteiger partial charge is 0.507 e. The molecule has 14 heavy (non-hydrogen) atoms. The number of phenols is 1. The highest BCUT2D eigenvalue weighted by Crippen LogP contribution is 2.43. The van der Waals surface area contributed by atoms with Crippen molar-refractivity contribution in [3.63, 3.8) is 0 Å². The van der Waals surface area contributed by atoms with Gasteiger partial charge in [0.2, 0.25) is 0 Å². The first-order chi connectivity index (χ1) is 6.63. The zero-order valence-corrected chi connectivity index (χ0v) is 7.83. The van der Waals surface area contributed by atoms with E-state index in [0.29, 0.717) is 12.8 Å². The third-order valence-corrected chi connectivity index (χ3v) is 2.89. The van der Waals surface area contributed by atoms with E-state index in [1.54, 1.807) is 0 Å². The van der Waals surface area contributed by atoms with E-state index in [9.17, 15) is 14.6 Å². The molecule has 2 nitrogen and oxygen atoms in total. The van der Waals surface area contributed by atoms with Crippen LogP contribution in [0.1, 0.15) is 31.2 Å². The fourth-order valence-corrected chi connectivity index (χ4v) is 2.18. The number of rotatable bonds is 1. The van der Waals surface area contributed by atoms with Crippen LogP contribution in [0.2, 0.25) is 0 Å². The Labute approximate surface area is 82.0 Å². The second-order valence-corrected chi connectivity index (χ2v) is 3.87. The summed E-state index contributed by atoms with van der Waals surface area (Å²) in [5.74, 6) is -0.663. The summed E-state index contributed by atoms with van der Waals surface area (Å²) in [6.45, 7) is 0. The second-order valence-electron chi connectivity index (χ2n) is 3.87. The molecule has 0 amide bonds. The van der Waals surface area contributed by atoms with Crippen LogP contribution in [-0.4, -0.2) is 10.2 Å². The maximum absolute atomic E-state index is 13.4. The van der Waals surface area contributed by atoms with E-state index in [1.807, 2.05) is 0 Å². The number of benzene rings is 1. The van der Waals surface area contributed by atoms with Gasteiger partial charge in [0.25, 0.3) is 0 Å². The number of halogens is 1. The van der Waals surface area contributed by atoms with Crippen LogP contribution in [0.3, 0.4) is 0 Å². The molecule has 1 aliphatic rings. The van der Waals surface area contributed by atoms with Crippen molar-refractivity contribution in [1.82, 2.24) is 0 Å². The fourth-order valence-electron chi connectivity index (χ4n) is 2.18. The molecular weight excluding hydrogens is 183 g/mol. The molecule has 0 spiro atoms. The van der Waals surface area contributed by atoms with Gasteiger partial charge >= 0.3 is 0 Å². The van der Waals surface area contributed by atoms with E-state index in [1.165, 1.54) is 18.2 Å². The van der Waals surface area contributed by atoms with E-state index < -0.39 is 11.4 Å². The molecule has 0 saturated heterocycles. The molecule has 0 heterocycles. The SMILES string of the molecule is Oc1cccc(F)c1C1(O)CCCC1. The number of aliphatic hydroxyl groups is 1. The molecule has 2 rings (SSSR count). The van der Waals surface area contributed by atoms with Crippen LogP contribution in [0.4, 0.5) is 4.39 Å². The molecule has 0 bridgehead atoms. The number of hydrogen-bond donors (Lipinski definition) is 2. The minimum Gasteiger partial charge on any atom is -0.507 e. The van der Waals surface area contributed by atoms with Crippen LogP contribution < -0.4 is 0 Å². The van der Waals surface area contributed by atoms with Crippen molar-refractivity contribution in [2.75, 3.05) is 0 Å². The van der Waals surface area contributed by atoms with Gasteiger partial charge in [0, 0.05) is 0 Å². The maximum atomic E-state index is 13.4. The minimum atomic E-state index is -1.16. The van der Waals surface area contributed by atoms with Gasteiger partial charge in [0.05, 0.1) is 11.2 Å². The highest BCUT2D eigenvalue weighted by Gasteiger charge is 2.37.